The van der Waals surface area contributed by atoms with Crippen molar-refractivity contribution in [2.75, 3.05) is 0 Å². The molecule has 0 bridgehead atoms. The Morgan fingerprint density at radius 2 is 2.00 bits per heavy atom. The zero-order valence-electron chi connectivity index (χ0n) is 8.74. The Kier molecular flexibility index (Phi) is 3.25. The van der Waals surface area contributed by atoms with Crippen molar-refractivity contribution >= 4 is 5.91 Å². The highest BCUT2D eigenvalue weighted by atomic mass is 16.5. The first kappa shape index (κ1) is 10.7. The first-order valence-corrected chi connectivity index (χ1v) is 4.79. The van der Waals surface area contributed by atoms with Crippen LogP contribution in [0.3, 0.4) is 0 Å². The van der Waals surface area contributed by atoms with Crippen molar-refractivity contribution in [3.8, 4) is 0 Å². The predicted molar refractivity (Wildman–Crippen MR) is 54.2 cm³/mol. The Morgan fingerprint density at radius 3 is 2.57 bits per heavy atom. The first-order chi connectivity index (χ1) is 6.70. The number of nitrogens with zero attached hydrogens (tertiary/aromatic N) is 1. The number of aryl methyl sites for hydroxylation is 1. The highest BCUT2D eigenvalue weighted by Crippen LogP contribution is 2.23. The molecule has 0 unspecified atom stereocenters. The molecule has 1 aliphatic heterocycles. The summed E-state index contributed by atoms with van der Waals surface area (Å²) in [6.45, 7) is 6.26. The fourth-order valence-electron chi connectivity index (χ4n) is 1.47. The smallest absolute Gasteiger partial charge is 0.277 e. The van der Waals surface area contributed by atoms with Gasteiger partial charge in [0, 0.05) is 5.56 Å². The molecule has 0 saturated heterocycles. The second-order valence-electron chi connectivity index (χ2n) is 2.96. The third kappa shape index (κ3) is 1.63. The van der Waals surface area contributed by atoms with Gasteiger partial charge in [0.05, 0.1) is 6.54 Å². The summed E-state index contributed by atoms with van der Waals surface area (Å²) in [6.07, 6.45) is 0. The normalized spacial score (nSPS) is 13.4. The number of hydrogen-bond acceptors (Lipinski definition) is 2. The molecular formula is C11H15NO2. The molecule has 3 heteroatoms. The minimum atomic E-state index is -0.297. The zero-order chi connectivity index (χ0) is 10.7. The van der Waals surface area contributed by atoms with E-state index in [9.17, 15) is 4.79 Å². The SMILES string of the molecule is CC.Cc1cccc2c1CN(O)C2=O. The van der Waals surface area contributed by atoms with Crippen LogP contribution in [0.25, 0.3) is 0 Å². The summed E-state index contributed by atoms with van der Waals surface area (Å²) in [4.78, 5) is 11.2. The number of amides is 1. The molecule has 1 aromatic rings. The van der Waals surface area contributed by atoms with Crippen LogP contribution in [0.15, 0.2) is 18.2 Å². The molecule has 1 N–H and O–H groups in total. The number of hydrogen-bond donors (Lipinski definition) is 1. The molecule has 0 radical (unpaired) electrons. The molecular weight excluding hydrogens is 178 g/mol. The highest BCUT2D eigenvalue weighted by Gasteiger charge is 2.26. The zero-order valence-corrected chi connectivity index (χ0v) is 8.74. The van der Waals surface area contributed by atoms with E-state index in [-0.39, 0.29) is 5.91 Å². The van der Waals surface area contributed by atoms with E-state index in [0.29, 0.717) is 12.1 Å². The minimum absolute atomic E-state index is 0.297. The number of fused-ring (bicyclic) bond motifs is 1. The Hall–Kier alpha value is -1.35. The molecule has 0 spiro atoms. The molecule has 76 valence electrons. The molecule has 1 amide bonds. The van der Waals surface area contributed by atoms with Crippen LogP contribution in [0.2, 0.25) is 0 Å². The van der Waals surface area contributed by atoms with Crippen LogP contribution >= 0.6 is 0 Å². The molecule has 0 aromatic heterocycles. The minimum Gasteiger partial charge on any atom is -0.285 e. The van der Waals surface area contributed by atoms with Crippen LogP contribution in [-0.4, -0.2) is 16.2 Å². The van der Waals surface area contributed by atoms with Crippen molar-refractivity contribution in [3.63, 3.8) is 0 Å². The second kappa shape index (κ2) is 4.24. The van der Waals surface area contributed by atoms with Gasteiger partial charge in [0.15, 0.2) is 0 Å². The molecule has 0 aliphatic carbocycles. The van der Waals surface area contributed by atoms with E-state index < -0.39 is 0 Å². The van der Waals surface area contributed by atoms with Crippen molar-refractivity contribution in [1.29, 1.82) is 0 Å². The summed E-state index contributed by atoms with van der Waals surface area (Å²) in [5.41, 5.74) is 2.61. The van der Waals surface area contributed by atoms with Gasteiger partial charge in [0.1, 0.15) is 0 Å². The fraction of sp³-hybridized carbons (Fsp3) is 0.364. The number of carbonyl (C=O) groups is 1. The van der Waals surface area contributed by atoms with Crippen molar-refractivity contribution in [2.24, 2.45) is 0 Å². The quantitative estimate of drug-likeness (QED) is 0.642. The van der Waals surface area contributed by atoms with E-state index >= 15 is 0 Å². The van der Waals surface area contributed by atoms with Gasteiger partial charge in [-0.05, 0) is 24.1 Å². The molecule has 2 rings (SSSR count). The van der Waals surface area contributed by atoms with E-state index in [1.807, 2.05) is 32.9 Å². The van der Waals surface area contributed by atoms with E-state index in [1.54, 1.807) is 6.07 Å². The standard InChI is InChI=1S/C9H9NO2.C2H6/c1-6-3-2-4-7-8(6)5-10(12)9(7)11;1-2/h2-4,12H,5H2,1H3;1-2H3. The van der Waals surface area contributed by atoms with E-state index in [2.05, 4.69) is 0 Å². The van der Waals surface area contributed by atoms with Crippen molar-refractivity contribution in [1.82, 2.24) is 5.06 Å². The Bertz CT molecular complexity index is 347. The predicted octanol–water partition coefficient (Wildman–Crippen LogP) is 2.37. The Morgan fingerprint density at radius 1 is 1.36 bits per heavy atom. The Balaban J connectivity index is 0.000000461. The van der Waals surface area contributed by atoms with Gasteiger partial charge in [-0.15, -0.1) is 0 Å². The largest absolute Gasteiger partial charge is 0.285 e. The number of benzene rings is 1. The molecule has 3 nitrogen and oxygen atoms in total. The molecule has 0 saturated carbocycles. The van der Waals surface area contributed by atoms with Crippen LogP contribution in [0, 0.1) is 6.92 Å². The van der Waals surface area contributed by atoms with Gasteiger partial charge in [0.25, 0.3) is 5.91 Å². The van der Waals surface area contributed by atoms with Gasteiger partial charge in [-0.1, -0.05) is 26.0 Å². The fourth-order valence-corrected chi connectivity index (χ4v) is 1.47. The lowest BCUT2D eigenvalue weighted by Crippen LogP contribution is -2.18. The van der Waals surface area contributed by atoms with Crippen LogP contribution in [0.1, 0.15) is 35.3 Å². The summed E-state index contributed by atoms with van der Waals surface area (Å²) in [6, 6.07) is 5.50. The monoisotopic (exact) mass is 193 g/mol. The van der Waals surface area contributed by atoms with Gasteiger partial charge in [-0.2, -0.15) is 0 Å². The maximum atomic E-state index is 11.2. The van der Waals surface area contributed by atoms with Crippen LogP contribution in [0.5, 0.6) is 0 Å². The average molecular weight is 193 g/mol. The third-order valence-electron chi connectivity index (χ3n) is 2.18. The molecule has 0 atom stereocenters. The molecule has 1 aliphatic rings. The lowest BCUT2D eigenvalue weighted by atomic mass is 10.1. The van der Waals surface area contributed by atoms with E-state index in [0.717, 1.165) is 16.2 Å². The van der Waals surface area contributed by atoms with Crippen molar-refractivity contribution in [3.05, 3.63) is 34.9 Å². The van der Waals surface area contributed by atoms with Gasteiger partial charge in [0.2, 0.25) is 0 Å². The summed E-state index contributed by atoms with van der Waals surface area (Å²) in [5, 5.41) is 9.88. The first-order valence-electron chi connectivity index (χ1n) is 4.79. The van der Waals surface area contributed by atoms with Crippen LogP contribution in [0.4, 0.5) is 0 Å². The number of rotatable bonds is 0. The van der Waals surface area contributed by atoms with Gasteiger partial charge < -0.3 is 0 Å². The number of carbonyl (C=O) groups excluding carboxylic acids is 1. The van der Waals surface area contributed by atoms with Crippen LogP contribution < -0.4 is 0 Å². The molecule has 14 heavy (non-hydrogen) atoms. The topological polar surface area (TPSA) is 40.5 Å². The molecule has 0 fully saturated rings. The molecule has 1 aromatic carbocycles. The van der Waals surface area contributed by atoms with Crippen molar-refractivity contribution < 1.29 is 10.0 Å². The van der Waals surface area contributed by atoms with Gasteiger partial charge in [-0.3, -0.25) is 10.0 Å². The number of hydroxylamine groups is 2. The van der Waals surface area contributed by atoms with Crippen molar-refractivity contribution in [2.45, 2.75) is 27.3 Å². The van der Waals surface area contributed by atoms with E-state index in [4.69, 9.17) is 5.21 Å². The van der Waals surface area contributed by atoms with Gasteiger partial charge >= 0.3 is 0 Å². The van der Waals surface area contributed by atoms with E-state index in [1.165, 1.54) is 0 Å². The second-order valence-corrected chi connectivity index (χ2v) is 2.96. The van der Waals surface area contributed by atoms with Gasteiger partial charge in [-0.25, -0.2) is 5.06 Å². The Labute approximate surface area is 83.9 Å². The third-order valence-corrected chi connectivity index (χ3v) is 2.18. The lowest BCUT2D eigenvalue weighted by Gasteiger charge is -2.02. The maximum Gasteiger partial charge on any atom is 0.277 e. The molecule has 1 heterocycles. The average Bonchev–Trinajstić information content (AvgIpc) is 2.50. The summed E-state index contributed by atoms with van der Waals surface area (Å²) in [7, 11) is 0. The van der Waals surface area contributed by atoms with Crippen LogP contribution in [-0.2, 0) is 6.54 Å². The summed E-state index contributed by atoms with van der Waals surface area (Å²) >= 11 is 0. The summed E-state index contributed by atoms with van der Waals surface area (Å²) in [5.74, 6) is -0.297. The highest BCUT2D eigenvalue weighted by molar-refractivity contribution is 5.97. The summed E-state index contributed by atoms with van der Waals surface area (Å²) < 4.78 is 0. The lowest BCUT2D eigenvalue weighted by molar-refractivity contribution is -0.0579. The maximum absolute atomic E-state index is 11.2.